The number of likely N-dealkylation sites (tertiary alicyclic amines) is 1. The molecule has 2 aliphatic rings. The van der Waals surface area contributed by atoms with Gasteiger partial charge < -0.3 is 19.8 Å². The topological polar surface area (TPSA) is 65.8 Å². The quantitative estimate of drug-likeness (QED) is 0.390. The molecule has 2 unspecified atom stereocenters. The molecule has 0 saturated carbocycles. The summed E-state index contributed by atoms with van der Waals surface area (Å²) in [6.07, 6.45) is 6.54. The van der Waals surface area contributed by atoms with E-state index in [1.54, 1.807) is 20.0 Å². The minimum Gasteiger partial charge on any atom is -0.487 e. The monoisotopic (exact) mass is 532 g/mol. The highest BCUT2D eigenvalue weighted by atomic mass is 35.5. The molecule has 38 heavy (non-hydrogen) atoms. The second-order valence-electron chi connectivity index (χ2n) is 11.0. The maximum absolute atomic E-state index is 11.7. The summed E-state index contributed by atoms with van der Waals surface area (Å²) >= 11 is 6.10. The number of benzene rings is 2. The Hall–Kier alpha value is -2.70. The summed E-state index contributed by atoms with van der Waals surface area (Å²) < 4.78 is 6.14. The van der Waals surface area contributed by atoms with Gasteiger partial charge >= 0.3 is 0 Å². The van der Waals surface area contributed by atoms with E-state index in [0.29, 0.717) is 18.1 Å². The summed E-state index contributed by atoms with van der Waals surface area (Å²) in [5.41, 5.74) is 4.08. The first-order chi connectivity index (χ1) is 18.2. The van der Waals surface area contributed by atoms with E-state index in [4.69, 9.17) is 16.3 Å². The lowest BCUT2D eigenvalue weighted by Crippen LogP contribution is -2.50. The van der Waals surface area contributed by atoms with Crippen molar-refractivity contribution in [1.82, 2.24) is 9.88 Å². The van der Waals surface area contributed by atoms with Crippen LogP contribution < -0.4 is 4.74 Å². The number of nitrogens with zero attached hydrogens (tertiary/aromatic N) is 2. The van der Waals surface area contributed by atoms with Crippen molar-refractivity contribution in [2.45, 2.75) is 57.8 Å². The molecule has 0 bridgehead atoms. The standard InChI is InChI=1S/C32H37ClN2O3/c1-4-22-20-35(18-15-32(22,37)23-9-12-25(33)13-10-23)17-6-8-26-27-7-5-16-34-29(27)21-38-30-14-11-24(19-28(26)30)31(2,3)36/h5,7-14,16,19,22,36-37H,4,6,15,17-18,20-21H2,1-3H3/b26-8+. The normalized spacial score (nSPS) is 22.9. The zero-order valence-corrected chi connectivity index (χ0v) is 23.2. The van der Waals surface area contributed by atoms with Crippen molar-refractivity contribution in [3.05, 3.63) is 99.8 Å². The fourth-order valence-corrected chi connectivity index (χ4v) is 5.95. The second kappa shape index (κ2) is 10.8. The van der Waals surface area contributed by atoms with Gasteiger partial charge in [-0.2, -0.15) is 0 Å². The molecule has 5 rings (SSSR count). The molecule has 200 valence electrons. The number of halogens is 1. The highest BCUT2D eigenvalue weighted by Gasteiger charge is 2.41. The number of aliphatic hydroxyl groups is 2. The molecule has 5 nitrogen and oxygen atoms in total. The molecule has 2 aromatic carbocycles. The van der Waals surface area contributed by atoms with Gasteiger partial charge in [0, 0.05) is 47.9 Å². The van der Waals surface area contributed by atoms with Gasteiger partial charge in [-0.1, -0.05) is 48.9 Å². The summed E-state index contributed by atoms with van der Waals surface area (Å²) in [6.45, 7) is 8.75. The van der Waals surface area contributed by atoms with Gasteiger partial charge in [0.15, 0.2) is 0 Å². The van der Waals surface area contributed by atoms with Gasteiger partial charge in [0.25, 0.3) is 0 Å². The third-order valence-electron chi connectivity index (χ3n) is 8.11. The average Bonchev–Trinajstić information content (AvgIpc) is 3.06. The molecule has 0 radical (unpaired) electrons. The molecule has 0 amide bonds. The van der Waals surface area contributed by atoms with Crippen molar-refractivity contribution < 1.29 is 14.9 Å². The Bertz CT molecular complexity index is 1320. The first kappa shape index (κ1) is 26.9. The van der Waals surface area contributed by atoms with E-state index in [1.807, 2.05) is 48.5 Å². The van der Waals surface area contributed by atoms with Crippen LogP contribution in [0.2, 0.25) is 5.02 Å². The van der Waals surface area contributed by atoms with Crippen LogP contribution in [0.25, 0.3) is 5.57 Å². The maximum atomic E-state index is 11.7. The number of hydrogen-bond donors (Lipinski definition) is 2. The number of aromatic nitrogens is 1. The number of pyridine rings is 1. The zero-order valence-electron chi connectivity index (χ0n) is 22.5. The summed E-state index contributed by atoms with van der Waals surface area (Å²) in [7, 11) is 0. The molecule has 2 N–H and O–H groups in total. The predicted molar refractivity (Wildman–Crippen MR) is 152 cm³/mol. The fourth-order valence-electron chi connectivity index (χ4n) is 5.82. The molecule has 3 heterocycles. The van der Waals surface area contributed by atoms with Gasteiger partial charge in [-0.25, -0.2) is 0 Å². The van der Waals surface area contributed by atoms with Gasteiger partial charge in [-0.05, 0) is 80.1 Å². The highest BCUT2D eigenvalue weighted by molar-refractivity contribution is 6.30. The van der Waals surface area contributed by atoms with Crippen LogP contribution in [-0.2, 0) is 17.8 Å². The van der Waals surface area contributed by atoms with Crippen LogP contribution in [0.5, 0.6) is 5.75 Å². The van der Waals surface area contributed by atoms with E-state index < -0.39 is 11.2 Å². The first-order valence-electron chi connectivity index (χ1n) is 13.5. The van der Waals surface area contributed by atoms with E-state index in [2.05, 4.69) is 29.0 Å². The molecule has 2 aliphatic heterocycles. The minimum absolute atomic E-state index is 0.149. The smallest absolute Gasteiger partial charge is 0.131 e. The summed E-state index contributed by atoms with van der Waals surface area (Å²) in [4.78, 5) is 7.05. The molecule has 1 fully saturated rings. The lowest BCUT2D eigenvalue weighted by atomic mass is 9.74. The molecular formula is C32H37ClN2O3. The fraction of sp³-hybridized carbons (Fsp3) is 0.406. The highest BCUT2D eigenvalue weighted by Crippen LogP contribution is 2.41. The molecule has 0 spiro atoms. The summed E-state index contributed by atoms with van der Waals surface area (Å²) in [6, 6.07) is 17.7. The van der Waals surface area contributed by atoms with Gasteiger partial charge in [0.2, 0.25) is 0 Å². The van der Waals surface area contributed by atoms with Crippen molar-refractivity contribution in [1.29, 1.82) is 0 Å². The predicted octanol–water partition coefficient (Wildman–Crippen LogP) is 6.30. The van der Waals surface area contributed by atoms with E-state index in [-0.39, 0.29) is 5.92 Å². The van der Waals surface area contributed by atoms with Crippen molar-refractivity contribution >= 4 is 17.2 Å². The number of ether oxygens (including phenoxy) is 1. The number of hydrogen-bond acceptors (Lipinski definition) is 5. The molecular weight excluding hydrogens is 496 g/mol. The van der Waals surface area contributed by atoms with Crippen molar-refractivity contribution in [2.24, 2.45) is 5.92 Å². The number of rotatable bonds is 6. The molecule has 0 aliphatic carbocycles. The molecule has 1 aromatic heterocycles. The van der Waals surface area contributed by atoms with E-state index in [0.717, 1.165) is 71.7 Å². The van der Waals surface area contributed by atoms with E-state index in [9.17, 15) is 10.2 Å². The van der Waals surface area contributed by atoms with Crippen LogP contribution in [0.1, 0.15) is 68.0 Å². The van der Waals surface area contributed by atoms with Gasteiger partial charge in [0.05, 0.1) is 16.9 Å². The lowest BCUT2D eigenvalue weighted by molar-refractivity contribution is -0.0789. The Kier molecular flexibility index (Phi) is 7.65. The molecule has 2 atom stereocenters. The minimum atomic E-state index is -0.950. The molecule has 6 heteroatoms. The van der Waals surface area contributed by atoms with Gasteiger partial charge in [-0.15, -0.1) is 0 Å². The van der Waals surface area contributed by atoms with Crippen LogP contribution >= 0.6 is 11.6 Å². The Morgan fingerprint density at radius 1 is 1.16 bits per heavy atom. The third-order valence-corrected chi connectivity index (χ3v) is 8.37. The van der Waals surface area contributed by atoms with E-state index in [1.165, 1.54) is 0 Å². The van der Waals surface area contributed by atoms with Crippen LogP contribution in [0.3, 0.4) is 0 Å². The number of piperidine rings is 1. The molecule has 1 saturated heterocycles. The second-order valence-corrected chi connectivity index (χ2v) is 11.5. The Morgan fingerprint density at radius 2 is 1.95 bits per heavy atom. The van der Waals surface area contributed by atoms with Crippen LogP contribution in [0.4, 0.5) is 0 Å². The largest absolute Gasteiger partial charge is 0.487 e. The van der Waals surface area contributed by atoms with Crippen molar-refractivity contribution in [2.75, 3.05) is 19.6 Å². The summed E-state index contributed by atoms with van der Waals surface area (Å²) in [5.74, 6) is 0.954. The van der Waals surface area contributed by atoms with Crippen molar-refractivity contribution in [3.8, 4) is 5.75 Å². The lowest BCUT2D eigenvalue weighted by Gasteiger charge is -2.45. The zero-order chi connectivity index (χ0) is 26.9. The summed E-state index contributed by atoms with van der Waals surface area (Å²) in [5, 5.41) is 23.0. The van der Waals surface area contributed by atoms with Crippen LogP contribution in [-0.4, -0.2) is 39.7 Å². The Morgan fingerprint density at radius 3 is 2.68 bits per heavy atom. The number of fused-ring (bicyclic) bond motifs is 2. The SMILES string of the molecule is CCC1CN(CC/C=C2/c3cc(C(C)(C)O)ccc3OCc3ncccc32)CCC1(O)c1ccc(Cl)cc1. The average molecular weight is 533 g/mol. The van der Waals surface area contributed by atoms with Crippen molar-refractivity contribution in [3.63, 3.8) is 0 Å². The van der Waals surface area contributed by atoms with Gasteiger partial charge in [-0.3, -0.25) is 4.98 Å². The molecule has 3 aromatic rings. The van der Waals surface area contributed by atoms with Gasteiger partial charge in [0.1, 0.15) is 12.4 Å². The van der Waals surface area contributed by atoms with E-state index >= 15 is 0 Å². The first-order valence-corrected chi connectivity index (χ1v) is 13.9. The van der Waals surface area contributed by atoms with Crippen LogP contribution in [0, 0.1) is 5.92 Å². The van der Waals surface area contributed by atoms with Crippen LogP contribution in [0.15, 0.2) is 66.9 Å². The maximum Gasteiger partial charge on any atom is 0.131 e. The Labute approximate surface area is 230 Å². The Balaban J connectivity index is 1.38. The third kappa shape index (κ3) is 5.39.